The number of amides is 2. The molecule has 106 valence electrons. The number of anilines is 3. The molecule has 0 saturated carbocycles. The molecule has 0 atom stereocenters. The van der Waals surface area contributed by atoms with Crippen molar-refractivity contribution in [3.05, 3.63) is 45.4 Å². The summed E-state index contributed by atoms with van der Waals surface area (Å²) < 4.78 is 0. The Bertz CT molecular complexity index is 792. The number of hydrogen-bond acceptors (Lipinski definition) is 5. The van der Waals surface area contributed by atoms with E-state index in [1.54, 1.807) is 18.2 Å². The number of pyridine rings is 1. The van der Waals surface area contributed by atoms with Crippen molar-refractivity contribution in [1.82, 2.24) is 10.3 Å². The zero-order valence-corrected chi connectivity index (χ0v) is 11.9. The van der Waals surface area contributed by atoms with Crippen LogP contribution in [0.2, 0.25) is 10.0 Å². The summed E-state index contributed by atoms with van der Waals surface area (Å²) in [5.41, 5.74) is 6.80. The highest BCUT2D eigenvalue weighted by molar-refractivity contribution is 6.37. The van der Waals surface area contributed by atoms with Crippen LogP contribution in [0.3, 0.4) is 0 Å². The lowest BCUT2D eigenvalue weighted by atomic mass is 10.1. The first-order valence-corrected chi connectivity index (χ1v) is 6.59. The minimum absolute atomic E-state index is 0.137. The lowest BCUT2D eigenvalue weighted by molar-refractivity contribution is 0.0879. The van der Waals surface area contributed by atoms with E-state index in [1.165, 1.54) is 6.07 Å². The normalized spacial score (nSPS) is 13.0. The topological polar surface area (TPSA) is 97.1 Å². The van der Waals surface area contributed by atoms with E-state index in [1.807, 2.05) is 0 Å². The number of rotatable bonds is 2. The number of carbonyl (C=O) groups is 2. The molecule has 2 aromatic rings. The number of aromatic nitrogens is 1. The maximum absolute atomic E-state index is 11.6. The van der Waals surface area contributed by atoms with Gasteiger partial charge in [0.1, 0.15) is 5.82 Å². The van der Waals surface area contributed by atoms with Crippen molar-refractivity contribution in [1.29, 1.82) is 0 Å². The number of nitrogens with zero attached hydrogens (tertiary/aromatic N) is 1. The first-order chi connectivity index (χ1) is 9.95. The van der Waals surface area contributed by atoms with Gasteiger partial charge in [0.05, 0.1) is 21.2 Å². The monoisotopic (exact) mass is 322 g/mol. The van der Waals surface area contributed by atoms with Crippen molar-refractivity contribution in [3.8, 4) is 0 Å². The fourth-order valence-electron chi connectivity index (χ4n) is 1.95. The smallest absolute Gasteiger partial charge is 0.259 e. The molecule has 0 unspecified atom stereocenters. The number of benzene rings is 1. The average molecular weight is 323 g/mol. The van der Waals surface area contributed by atoms with Crippen molar-refractivity contribution in [2.45, 2.75) is 0 Å². The Morgan fingerprint density at radius 2 is 1.76 bits per heavy atom. The second-order valence-electron chi connectivity index (χ2n) is 4.35. The van der Waals surface area contributed by atoms with Crippen LogP contribution in [0.5, 0.6) is 0 Å². The molecule has 0 spiro atoms. The molecular formula is C13H8Cl2N4O2. The van der Waals surface area contributed by atoms with Crippen LogP contribution in [0, 0.1) is 0 Å². The maximum atomic E-state index is 11.6. The van der Waals surface area contributed by atoms with Crippen LogP contribution in [-0.2, 0) is 0 Å². The first kappa shape index (κ1) is 13.7. The van der Waals surface area contributed by atoms with Crippen LogP contribution in [-0.4, -0.2) is 16.8 Å². The molecule has 6 nitrogen and oxygen atoms in total. The standard InChI is InChI=1S/C13H8Cl2N4O2/c14-8-4-9(15)11(18-10(8)16)17-5-1-2-6-7(3-5)13(21)19-12(6)20/h1-4H,(H3,16,17,18)(H,19,20,21). The largest absolute Gasteiger partial charge is 0.382 e. The predicted molar refractivity (Wildman–Crippen MR) is 80.2 cm³/mol. The van der Waals surface area contributed by atoms with E-state index in [0.29, 0.717) is 22.6 Å². The number of nitrogens with two attached hydrogens (primary N) is 1. The molecule has 0 bridgehead atoms. The summed E-state index contributed by atoms with van der Waals surface area (Å²) in [6.07, 6.45) is 0. The van der Waals surface area contributed by atoms with Gasteiger partial charge in [0, 0.05) is 5.69 Å². The van der Waals surface area contributed by atoms with Gasteiger partial charge in [-0.1, -0.05) is 23.2 Å². The van der Waals surface area contributed by atoms with E-state index in [9.17, 15) is 9.59 Å². The Hall–Kier alpha value is -2.31. The van der Waals surface area contributed by atoms with Gasteiger partial charge in [-0.15, -0.1) is 0 Å². The lowest BCUT2D eigenvalue weighted by Crippen LogP contribution is -2.19. The summed E-state index contributed by atoms with van der Waals surface area (Å²) in [5, 5.41) is 5.69. The molecule has 0 saturated heterocycles. The van der Waals surface area contributed by atoms with Crippen molar-refractivity contribution in [2.24, 2.45) is 0 Å². The summed E-state index contributed by atoms with van der Waals surface area (Å²) in [6, 6.07) is 6.20. The number of nitrogens with one attached hydrogen (secondary N) is 2. The van der Waals surface area contributed by atoms with Crippen LogP contribution >= 0.6 is 23.2 Å². The number of halogens is 2. The van der Waals surface area contributed by atoms with E-state index in [2.05, 4.69) is 15.6 Å². The minimum Gasteiger partial charge on any atom is -0.382 e. The molecule has 1 aliphatic rings. The lowest BCUT2D eigenvalue weighted by Gasteiger charge is -2.09. The van der Waals surface area contributed by atoms with E-state index < -0.39 is 11.8 Å². The van der Waals surface area contributed by atoms with Gasteiger partial charge in [-0.05, 0) is 24.3 Å². The fraction of sp³-hybridized carbons (Fsp3) is 0. The maximum Gasteiger partial charge on any atom is 0.259 e. The van der Waals surface area contributed by atoms with Gasteiger partial charge in [-0.3, -0.25) is 14.9 Å². The van der Waals surface area contributed by atoms with Crippen LogP contribution in [0.25, 0.3) is 0 Å². The molecule has 3 rings (SSSR count). The summed E-state index contributed by atoms with van der Waals surface area (Å²) >= 11 is 11.8. The molecule has 1 aromatic carbocycles. The van der Waals surface area contributed by atoms with Crippen LogP contribution in [0.15, 0.2) is 24.3 Å². The molecule has 0 radical (unpaired) electrons. The van der Waals surface area contributed by atoms with Gasteiger partial charge in [0.15, 0.2) is 5.82 Å². The average Bonchev–Trinajstić information content (AvgIpc) is 2.71. The van der Waals surface area contributed by atoms with Gasteiger partial charge in [-0.2, -0.15) is 0 Å². The molecule has 0 fully saturated rings. The molecule has 1 aliphatic heterocycles. The highest BCUT2D eigenvalue weighted by Crippen LogP contribution is 2.30. The molecule has 8 heteroatoms. The van der Waals surface area contributed by atoms with Gasteiger partial charge < -0.3 is 11.1 Å². The summed E-state index contributed by atoms with van der Waals surface area (Å²) in [5.74, 6) is -0.400. The summed E-state index contributed by atoms with van der Waals surface area (Å²) in [6.45, 7) is 0. The number of hydrogen-bond donors (Lipinski definition) is 3. The van der Waals surface area contributed by atoms with Crippen molar-refractivity contribution in [2.75, 3.05) is 11.1 Å². The van der Waals surface area contributed by atoms with Crippen LogP contribution < -0.4 is 16.4 Å². The summed E-state index contributed by atoms with van der Waals surface area (Å²) in [7, 11) is 0. The Labute approximate surface area is 129 Å². The number of fused-ring (bicyclic) bond motifs is 1. The summed E-state index contributed by atoms with van der Waals surface area (Å²) in [4.78, 5) is 27.1. The van der Waals surface area contributed by atoms with E-state index in [0.717, 1.165) is 0 Å². The van der Waals surface area contributed by atoms with Gasteiger partial charge in [-0.25, -0.2) is 4.98 Å². The van der Waals surface area contributed by atoms with Gasteiger partial charge >= 0.3 is 0 Å². The van der Waals surface area contributed by atoms with Gasteiger partial charge in [0.2, 0.25) is 0 Å². The van der Waals surface area contributed by atoms with Crippen LogP contribution in [0.1, 0.15) is 20.7 Å². The molecule has 21 heavy (non-hydrogen) atoms. The first-order valence-electron chi connectivity index (χ1n) is 5.84. The zero-order valence-electron chi connectivity index (χ0n) is 10.4. The Kier molecular flexibility index (Phi) is 3.19. The van der Waals surface area contributed by atoms with Crippen LogP contribution in [0.4, 0.5) is 17.3 Å². The Morgan fingerprint density at radius 3 is 2.52 bits per heavy atom. The number of nitrogen functional groups attached to an aromatic ring is 1. The Morgan fingerprint density at radius 1 is 1.05 bits per heavy atom. The third-order valence-electron chi connectivity index (χ3n) is 2.96. The third-order valence-corrected chi connectivity index (χ3v) is 3.55. The van der Waals surface area contributed by atoms with E-state index >= 15 is 0 Å². The van der Waals surface area contributed by atoms with Gasteiger partial charge in [0.25, 0.3) is 11.8 Å². The fourth-order valence-corrected chi connectivity index (χ4v) is 2.36. The quantitative estimate of drug-likeness (QED) is 0.738. The molecule has 0 aliphatic carbocycles. The molecule has 2 amide bonds. The highest BCUT2D eigenvalue weighted by atomic mass is 35.5. The second kappa shape index (κ2) is 4.91. The van der Waals surface area contributed by atoms with Crippen molar-refractivity contribution < 1.29 is 9.59 Å². The predicted octanol–water partition coefficient (Wildman–Crippen LogP) is 2.60. The zero-order chi connectivity index (χ0) is 15.1. The molecular weight excluding hydrogens is 315 g/mol. The van der Waals surface area contributed by atoms with Crippen molar-refractivity contribution >= 4 is 52.3 Å². The second-order valence-corrected chi connectivity index (χ2v) is 5.17. The van der Waals surface area contributed by atoms with E-state index in [-0.39, 0.29) is 15.9 Å². The Balaban J connectivity index is 1.97. The molecule has 1 aromatic heterocycles. The molecule has 2 heterocycles. The number of carbonyl (C=O) groups excluding carboxylic acids is 2. The van der Waals surface area contributed by atoms with Crippen molar-refractivity contribution in [3.63, 3.8) is 0 Å². The highest BCUT2D eigenvalue weighted by Gasteiger charge is 2.26. The van der Waals surface area contributed by atoms with E-state index in [4.69, 9.17) is 28.9 Å². The molecule has 4 N–H and O–H groups in total. The SMILES string of the molecule is Nc1nc(Nc2ccc3c(c2)C(=O)NC3=O)c(Cl)cc1Cl. The minimum atomic E-state index is -0.437. The number of imide groups is 1. The third kappa shape index (κ3) is 2.39.